The maximum Gasteiger partial charge on any atom is 0.132 e. The number of aryl methyl sites for hydroxylation is 1. The van der Waals surface area contributed by atoms with Crippen LogP contribution >= 0.6 is 0 Å². The molecule has 3 heterocycles. The molecule has 0 spiro atoms. The van der Waals surface area contributed by atoms with E-state index in [1.165, 1.54) is 31.4 Å². The van der Waals surface area contributed by atoms with E-state index < -0.39 is 0 Å². The van der Waals surface area contributed by atoms with E-state index in [4.69, 9.17) is 14.7 Å². The molecule has 0 saturated carbocycles. The van der Waals surface area contributed by atoms with Crippen LogP contribution in [0.1, 0.15) is 50.0 Å². The average molecular weight is 332 g/mol. The van der Waals surface area contributed by atoms with E-state index in [1.807, 2.05) is 6.92 Å². The Morgan fingerprint density at radius 3 is 2.58 bits per heavy atom. The van der Waals surface area contributed by atoms with Crippen LogP contribution in [0.4, 0.5) is 5.82 Å². The van der Waals surface area contributed by atoms with Gasteiger partial charge in [-0.05, 0) is 57.5 Å². The van der Waals surface area contributed by atoms with Crippen LogP contribution < -0.4 is 10.2 Å². The smallest absolute Gasteiger partial charge is 0.132 e. The van der Waals surface area contributed by atoms with Gasteiger partial charge in [0.2, 0.25) is 0 Å². The molecular weight excluding hydrogens is 300 g/mol. The van der Waals surface area contributed by atoms with Gasteiger partial charge in [0.1, 0.15) is 11.6 Å². The summed E-state index contributed by atoms with van der Waals surface area (Å²) in [5.41, 5.74) is 1.24. The molecule has 0 amide bonds. The topological polar surface area (TPSA) is 50.3 Å². The van der Waals surface area contributed by atoms with Gasteiger partial charge in [-0.25, -0.2) is 9.97 Å². The van der Waals surface area contributed by atoms with Gasteiger partial charge >= 0.3 is 0 Å². The van der Waals surface area contributed by atoms with E-state index in [-0.39, 0.29) is 0 Å². The van der Waals surface area contributed by atoms with Gasteiger partial charge in [-0.1, -0.05) is 6.92 Å². The number of anilines is 1. The fourth-order valence-corrected chi connectivity index (χ4v) is 4.16. The van der Waals surface area contributed by atoms with Crippen molar-refractivity contribution >= 4 is 5.82 Å². The predicted molar refractivity (Wildman–Crippen MR) is 97.6 cm³/mol. The summed E-state index contributed by atoms with van der Waals surface area (Å²) in [5.74, 6) is 4.05. The highest BCUT2D eigenvalue weighted by Gasteiger charge is 2.25. The summed E-state index contributed by atoms with van der Waals surface area (Å²) in [5, 5.41) is 3.44. The standard InChI is InChI=1S/C19H32N4O/c1-14(13-24-3)16-6-10-23(11-7-16)19-12-18(21-15(2)22-19)17-4-8-20-9-5-17/h12,14,16-17,20H,4-11,13H2,1-3H3. The highest BCUT2D eigenvalue weighted by molar-refractivity contribution is 5.41. The van der Waals surface area contributed by atoms with Crippen molar-refractivity contribution in [2.75, 3.05) is 44.8 Å². The Morgan fingerprint density at radius 1 is 1.21 bits per heavy atom. The van der Waals surface area contributed by atoms with Crippen molar-refractivity contribution in [2.45, 2.75) is 45.4 Å². The molecule has 1 N–H and O–H groups in total. The molecule has 1 aromatic heterocycles. The number of hydrogen-bond donors (Lipinski definition) is 1. The molecule has 1 aromatic rings. The molecule has 2 saturated heterocycles. The number of piperidine rings is 2. The Labute approximate surface area is 146 Å². The zero-order valence-corrected chi connectivity index (χ0v) is 15.4. The Morgan fingerprint density at radius 2 is 1.92 bits per heavy atom. The lowest BCUT2D eigenvalue weighted by molar-refractivity contribution is 0.120. The molecule has 24 heavy (non-hydrogen) atoms. The van der Waals surface area contributed by atoms with Crippen LogP contribution in [0.5, 0.6) is 0 Å². The van der Waals surface area contributed by atoms with E-state index >= 15 is 0 Å². The van der Waals surface area contributed by atoms with E-state index in [2.05, 4.69) is 23.2 Å². The van der Waals surface area contributed by atoms with Crippen molar-refractivity contribution in [1.29, 1.82) is 0 Å². The predicted octanol–water partition coefficient (Wildman–Crippen LogP) is 2.75. The summed E-state index contributed by atoms with van der Waals surface area (Å²) in [4.78, 5) is 11.9. The van der Waals surface area contributed by atoms with Gasteiger partial charge in [0.05, 0.1) is 0 Å². The molecule has 3 rings (SSSR count). The summed E-state index contributed by atoms with van der Waals surface area (Å²) in [7, 11) is 1.80. The molecule has 0 bridgehead atoms. The second-order valence-corrected chi connectivity index (χ2v) is 7.48. The van der Waals surface area contributed by atoms with Crippen LogP contribution in [0.2, 0.25) is 0 Å². The van der Waals surface area contributed by atoms with Gasteiger partial charge < -0.3 is 15.0 Å². The van der Waals surface area contributed by atoms with Crippen molar-refractivity contribution in [1.82, 2.24) is 15.3 Å². The van der Waals surface area contributed by atoms with Crippen LogP contribution in [0.3, 0.4) is 0 Å². The molecule has 2 aliphatic rings. The van der Waals surface area contributed by atoms with Gasteiger partial charge in [-0.2, -0.15) is 0 Å². The molecule has 2 aliphatic heterocycles. The Balaban J connectivity index is 1.66. The van der Waals surface area contributed by atoms with Gasteiger partial charge in [-0.3, -0.25) is 0 Å². The fourth-order valence-electron chi connectivity index (χ4n) is 4.16. The number of ether oxygens (including phenoxy) is 1. The third-order valence-electron chi connectivity index (χ3n) is 5.70. The van der Waals surface area contributed by atoms with Gasteiger partial charge in [0, 0.05) is 44.5 Å². The summed E-state index contributed by atoms with van der Waals surface area (Å²) in [6.07, 6.45) is 4.84. The second-order valence-electron chi connectivity index (χ2n) is 7.48. The highest BCUT2D eigenvalue weighted by Crippen LogP contribution is 2.30. The van der Waals surface area contributed by atoms with Gasteiger partial charge in [-0.15, -0.1) is 0 Å². The third kappa shape index (κ3) is 4.25. The Kier molecular flexibility index (Phi) is 6.06. The first-order valence-electron chi connectivity index (χ1n) is 9.47. The summed E-state index contributed by atoms with van der Waals surface area (Å²) in [6.45, 7) is 9.62. The molecule has 1 atom stereocenters. The minimum Gasteiger partial charge on any atom is -0.384 e. The first-order chi connectivity index (χ1) is 11.7. The lowest BCUT2D eigenvalue weighted by atomic mass is 9.86. The normalized spacial score (nSPS) is 21.9. The molecule has 5 heteroatoms. The minimum absolute atomic E-state index is 0.589. The van der Waals surface area contributed by atoms with Crippen LogP contribution in [0, 0.1) is 18.8 Å². The van der Waals surface area contributed by atoms with Crippen molar-refractivity contribution in [3.8, 4) is 0 Å². The molecule has 0 radical (unpaired) electrons. The van der Waals surface area contributed by atoms with E-state index in [0.717, 1.165) is 50.3 Å². The maximum absolute atomic E-state index is 5.33. The minimum atomic E-state index is 0.589. The molecule has 1 unspecified atom stereocenters. The van der Waals surface area contributed by atoms with Crippen molar-refractivity contribution in [3.63, 3.8) is 0 Å². The molecule has 2 fully saturated rings. The number of nitrogens with zero attached hydrogens (tertiary/aromatic N) is 3. The number of rotatable bonds is 5. The third-order valence-corrected chi connectivity index (χ3v) is 5.70. The first kappa shape index (κ1) is 17.6. The Hall–Kier alpha value is -1.20. The van der Waals surface area contributed by atoms with E-state index in [9.17, 15) is 0 Å². The molecule has 134 valence electrons. The number of nitrogens with one attached hydrogen (secondary N) is 1. The summed E-state index contributed by atoms with van der Waals surface area (Å²) >= 11 is 0. The van der Waals surface area contributed by atoms with Gasteiger partial charge in [0.25, 0.3) is 0 Å². The summed E-state index contributed by atoms with van der Waals surface area (Å²) in [6, 6.07) is 2.25. The second kappa shape index (κ2) is 8.26. The largest absolute Gasteiger partial charge is 0.384 e. The van der Waals surface area contributed by atoms with E-state index in [1.54, 1.807) is 7.11 Å². The van der Waals surface area contributed by atoms with Crippen LogP contribution in [0.15, 0.2) is 6.07 Å². The van der Waals surface area contributed by atoms with Crippen molar-refractivity contribution in [3.05, 3.63) is 17.6 Å². The monoisotopic (exact) mass is 332 g/mol. The number of aromatic nitrogens is 2. The SMILES string of the molecule is COCC(C)C1CCN(c2cc(C3CCNCC3)nc(C)n2)CC1. The van der Waals surface area contributed by atoms with Crippen LogP contribution in [-0.2, 0) is 4.74 Å². The highest BCUT2D eigenvalue weighted by atomic mass is 16.5. The van der Waals surface area contributed by atoms with Crippen LogP contribution in [-0.4, -0.2) is 49.9 Å². The zero-order chi connectivity index (χ0) is 16.9. The molecule has 0 aromatic carbocycles. The van der Waals surface area contributed by atoms with Crippen LogP contribution in [0.25, 0.3) is 0 Å². The maximum atomic E-state index is 5.33. The first-order valence-corrected chi connectivity index (χ1v) is 9.47. The fraction of sp³-hybridized carbons (Fsp3) is 0.789. The average Bonchev–Trinajstić information content (AvgIpc) is 2.62. The number of hydrogen-bond acceptors (Lipinski definition) is 5. The van der Waals surface area contributed by atoms with Crippen molar-refractivity contribution < 1.29 is 4.74 Å². The zero-order valence-electron chi connectivity index (χ0n) is 15.4. The van der Waals surface area contributed by atoms with Gasteiger partial charge in [0.15, 0.2) is 0 Å². The number of methoxy groups -OCH3 is 1. The van der Waals surface area contributed by atoms with E-state index in [0.29, 0.717) is 11.8 Å². The quantitative estimate of drug-likeness (QED) is 0.898. The lowest BCUT2D eigenvalue weighted by Crippen LogP contribution is -2.37. The molecule has 5 nitrogen and oxygen atoms in total. The van der Waals surface area contributed by atoms with Crippen molar-refractivity contribution in [2.24, 2.45) is 11.8 Å². The molecule has 0 aliphatic carbocycles. The Bertz CT molecular complexity index is 522. The lowest BCUT2D eigenvalue weighted by Gasteiger charge is -2.35. The molecular formula is C19H32N4O. The summed E-state index contributed by atoms with van der Waals surface area (Å²) < 4.78 is 5.33.